The van der Waals surface area contributed by atoms with Crippen molar-refractivity contribution in [2.75, 3.05) is 23.5 Å². The monoisotopic (exact) mass is 315 g/mol. The zero-order valence-electron chi connectivity index (χ0n) is 10.2. The van der Waals surface area contributed by atoms with Gasteiger partial charge >= 0.3 is 0 Å². The number of hydrogen-bond acceptors (Lipinski definition) is 3. The molecule has 0 aliphatic carbocycles. The molecule has 1 fully saturated rings. The lowest BCUT2D eigenvalue weighted by molar-refractivity contribution is 0.198. The fourth-order valence-electron chi connectivity index (χ4n) is 2.11. The Hall–Kier alpha value is -0.190. The molecule has 0 aromatic heterocycles. The molecule has 0 spiro atoms. The van der Waals surface area contributed by atoms with Crippen molar-refractivity contribution in [3.05, 3.63) is 28.2 Å². The first-order valence-corrected chi connectivity index (χ1v) is 7.82. The highest BCUT2D eigenvalue weighted by Gasteiger charge is 2.20. The van der Waals surface area contributed by atoms with E-state index in [1.54, 1.807) is 6.92 Å². The van der Waals surface area contributed by atoms with E-state index >= 15 is 0 Å². The predicted octanol–water partition coefficient (Wildman–Crippen LogP) is 3.44. The summed E-state index contributed by atoms with van der Waals surface area (Å²) in [6.07, 6.45) is 0.836. The molecule has 1 aromatic carbocycles. The van der Waals surface area contributed by atoms with Gasteiger partial charge in [-0.05, 0) is 36.8 Å². The van der Waals surface area contributed by atoms with Gasteiger partial charge in [0, 0.05) is 29.0 Å². The van der Waals surface area contributed by atoms with E-state index in [-0.39, 0.29) is 0 Å². The number of hydrogen-bond donors (Lipinski definition) is 1. The lowest BCUT2D eigenvalue weighted by Gasteiger charge is -2.26. The highest BCUT2D eigenvalue weighted by atomic mass is 79.9. The maximum Gasteiger partial charge on any atom is 0.0772 e. The molecule has 1 N–H and O–H groups in total. The van der Waals surface area contributed by atoms with Gasteiger partial charge in [0.1, 0.15) is 0 Å². The molecule has 1 aliphatic rings. The average Bonchev–Trinajstić information content (AvgIpc) is 2.80. The van der Waals surface area contributed by atoms with Gasteiger partial charge in [-0.25, -0.2) is 0 Å². The predicted molar refractivity (Wildman–Crippen MR) is 78.9 cm³/mol. The van der Waals surface area contributed by atoms with Gasteiger partial charge in [-0.2, -0.15) is 11.8 Å². The van der Waals surface area contributed by atoms with E-state index in [4.69, 9.17) is 0 Å². The lowest BCUT2D eigenvalue weighted by atomic mass is 10.1. The van der Waals surface area contributed by atoms with Crippen LogP contribution in [0.2, 0.25) is 0 Å². The summed E-state index contributed by atoms with van der Waals surface area (Å²) in [7, 11) is 2.15. The molecule has 1 aromatic rings. The number of aliphatic hydroxyl groups is 1. The van der Waals surface area contributed by atoms with Crippen molar-refractivity contribution in [3.63, 3.8) is 0 Å². The van der Waals surface area contributed by atoms with Crippen LogP contribution in [0, 0.1) is 0 Å². The fraction of sp³-hybridized carbons (Fsp3) is 0.538. The van der Waals surface area contributed by atoms with Crippen LogP contribution in [0.5, 0.6) is 0 Å². The third kappa shape index (κ3) is 2.98. The number of aliphatic hydroxyl groups excluding tert-OH is 1. The third-order valence-corrected chi connectivity index (χ3v) is 5.13. The molecular weight excluding hydrogens is 298 g/mol. The lowest BCUT2D eigenvalue weighted by Crippen LogP contribution is -2.31. The smallest absolute Gasteiger partial charge is 0.0772 e. The van der Waals surface area contributed by atoms with E-state index in [0.29, 0.717) is 6.04 Å². The Balaban J connectivity index is 2.18. The second-order valence-corrected chi connectivity index (χ2v) is 6.51. The molecule has 0 saturated carbocycles. The minimum Gasteiger partial charge on any atom is -0.389 e. The maximum absolute atomic E-state index is 9.60. The number of rotatable bonds is 3. The normalized spacial score (nSPS) is 21.5. The minimum atomic E-state index is -0.425. The number of nitrogens with zero attached hydrogens (tertiary/aromatic N) is 1. The summed E-state index contributed by atoms with van der Waals surface area (Å²) in [5.41, 5.74) is 2.16. The summed E-state index contributed by atoms with van der Waals surface area (Å²) in [5, 5.41) is 9.60. The van der Waals surface area contributed by atoms with Crippen molar-refractivity contribution in [1.82, 2.24) is 0 Å². The van der Waals surface area contributed by atoms with Gasteiger partial charge in [-0.3, -0.25) is 0 Å². The van der Waals surface area contributed by atoms with Crippen molar-refractivity contribution in [3.8, 4) is 0 Å². The van der Waals surface area contributed by atoms with Gasteiger partial charge < -0.3 is 10.0 Å². The van der Waals surface area contributed by atoms with E-state index in [0.717, 1.165) is 10.0 Å². The molecule has 0 bridgehead atoms. The quantitative estimate of drug-likeness (QED) is 0.924. The van der Waals surface area contributed by atoms with Gasteiger partial charge in [0.05, 0.1) is 6.10 Å². The van der Waals surface area contributed by atoms with Crippen molar-refractivity contribution in [2.45, 2.75) is 25.5 Å². The van der Waals surface area contributed by atoms with Crippen LogP contribution in [-0.4, -0.2) is 29.7 Å². The topological polar surface area (TPSA) is 23.5 Å². The summed E-state index contributed by atoms with van der Waals surface area (Å²) < 4.78 is 0.988. The van der Waals surface area contributed by atoms with Gasteiger partial charge in [-0.1, -0.05) is 22.0 Å². The van der Waals surface area contributed by atoms with Crippen LogP contribution in [0.15, 0.2) is 22.7 Å². The van der Waals surface area contributed by atoms with Gasteiger partial charge in [0.15, 0.2) is 0 Å². The Bertz CT molecular complexity index is 391. The number of benzene rings is 1. The van der Waals surface area contributed by atoms with Crippen LogP contribution in [0.3, 0.4) is 0 Å². The second kappa shape index (κ2) is 5.63. The fourth-order valence-corrected chi connectivity index (χ4v) is 4.08. The maximum atomic E-state index is 9.60. The van der Waals surface area contributed by atoms with E-state index in [9.17, 15) is 5.11 Å². The molecule has 2 rings (SSSR count). The number of thioether (sulfide) groups is 1. The van der Waals surface area contributed by atoms with Crippen molar-refractivity contribution < 1.29 is 5.11 Å². The third-order valence-electron chi connectivity index (χ3n) is 3.29. The average molecular weight is 316 g/mol. The summed E-state index contributed by atoms with van der Waals surface area (Å²) in [6, 6.07) is 6.84. The molecule has 4 heteroatoms. The zero-order valence-corrected chi connectivity index (χ0v) is 12.6. The minimum absolute atomic E-state index is 0.425. The molecule has 94 valence electrons. The highest BCUT2D eigenvalue weighted by Crippen LogP contribution is 2.31. The first kappa shape index (κ1) is 13.2. The SMILES string of the molecule is CC(O)c1ccc(N(C)C2CCSC2)cc1Br. The number of halogens is 1. The van der Waals surface area contributed by atoms with Crippen molar-refractivity contribution >= 4 is 33.4 Å². The van der Waals surface area contributed by atoms with Crippen LogP contribution in [-0.2, 0) is 0 Å². The Morgan fingerprint density at radius 1 is 1.53 bits per heavy atom. The number of anilines is 1. The molecule has 2 unspecified atom stereocenters. The zero-order chi connectivity index (χ0) is 12.4. The molecule has 0 amide bonds. The van der Waals surface area contributed by atoms with E-state index in [2.05, 4.69) is 40.0 Å². The largest absolute Gasteiger partial charge is 0.389 e. The Morgan fingerprint density at radius 2 is 2.29 bits per heavy atom. The molecule has 2 nitrogen and oxygen atoms in total. The van der Waals surface area contributed by atoms with E-state index < -0.39 is 6.10 Å². The highest BCUT2D eigenvalue weighted by molar-refractivity contribution is 9.10. The van der Waals surface area contributed by atoms with Gasteiger partial charge in [0.2, 0.25) is 0 Å². The van der Waals surface area contributed by atoms with Crippen LogP contribution in [0.25, 0.3) is 0 Å². The van der Waals surface area contributed by atoms with E-state index in [1.165, 1.54) is 23.6 Å². The standard InChI is InChI=1S/C13H18BrNOS/c1-9(16)12-4-3-10(7-13(12)14)15(2)11-5-6-17-8-11/h3-4,7,9,11,16H,5-6,8H2,1-2H3. The molecule has 1 aliphatic heterocycles. The Kier molecular flexibility index (Phi) is 4.39. The Labute approximate surface area is 116 Å². The summed E-state index contributed by atoms with van der Waals surface area (Å²) >= 11 is 5.56. The molecular formula is C13H18BrNOS. The van der Waals surface area contributed by atoms with Crippen molar-refractivity contribution in [1.29, 1.82) is 0 Å². The first-order valence-electron chi connectivity index (χ1n) is 5.87. The summed E-state index contributed by atoms with van der Waals surface area (Å²) in [6.45, 7) is 1.79. The van der Waals surface area contributed by atoms with Crippen LogP contribution in [0.4, 0.5) is 5.69 Å². The first-order chi connectivity index (χ1) is 8.09. The molecule has 1 heterocycles. The molecule has 2 atom stereocenters. The molecule has 17 heavy (non-hydrogen) atoms. The van der Waals surface area contributed by atoms with Crippen LogP contribution >= 0.6 is 27.7 Å². The van der Waals surface area contributed by atoms with E-state index in [1.807, 2.05) is 17.8 Å². The molecule has 0 radical (unpaired) electrons. The second-order valence-electron chi connectivity index (χ2n) is 4.51. The van der Waals surface area contributed by atoms with Crippen LogP contribution < -0.4 is 4.90 Å². The summed E-state index contributed by atoms with van der Waals surface area (Å²) in [4.78, 5) is 2.34. The Morgan fingerprint density at radius 3 is 2.82 bits per heavy atom. The van der Waals surface area contributed by atoms with Gasteiger partial charge in [-0.15, -0.1) is 0 Å². The van der Waals surface area contributed by atoms with Crippen molar-refractivity contribution in [2.24, 2.45) is 0 Å². The van der Waals surface area contributed by atoms with Gasteiger partial charge in [0.25, 0.3) is 0 Å². The van der Waals surface area contributed by atoms with Crippen LogP contribution in [0.1, 0.15) is 25.0 Å². The summed E-state index contributed by atoms with van der Waals surface area (Å²) in [5.74, 6) is 2.48. The molecule has 1 saturated heterocycles.